The molecule has 2 aliphatic rings. The quantitative estimate of drug-likeness (QED) is 0.236. The Balaban J connectivity index is 0.00000253. The average Bonchev–Trinajstić information content (AvgIpc) is 3.45. The highest BCUT2D eigenvalue weighted by Crippen LogP contribution is 2.36. The second-order valence-corrected chi connectivity index (χ2v) is 13.0. The van der Waals surface area contributed by atoms with Crippen LogP contribution in [0.5, 0.6) is 5.75 Å². The molecule has 4 N–H and O–H groups in total. The maximum Gasteiger partial charge on any atom is 0.245 e. The first-order chi connectivity index (χ1) is 19.6. The molecule has 0 unspecified atom stereocenters. The summed E-state index contributed by atoms with van der Waals surface area (Å²) in [5, 5.41) is 11.7. The van der Waals surface area contributed by atoms with Crippen molar-refractivity contribution >= 4 is 80.8 Å². The minimum atomic E-state index is -4.13. The van der Waals surface area contributed by atoms with Crippen molar-refractivity contribution in [3.8, 4) is 5.75 Å². The zero-order chi connectivity index (χ0) is 29.3. The third-order valence-corrected chi connectivity index (χ3v) is 10.5. The molecule has 0 spiro atoms. The van der Waals surface area contributed by atoms with Gasteiger partial charge in [-0.1, -0.05) is 41.4 Å². The number of amides is 1. The number of hydrogen-bond acceptors (Lipinski definition) is 6. The van der Waals surface area contributed by atoms with Gasteiger partial charge in [0.25, 0.3) is 0 Å². The molecule has 0 saturated carbocycles. The number of carbonyl (C=O) groups is 1. The van der Waals surface area contributed by atoms with Crippen molar-refractivity contribution < 1.29 is 17.9 Å². The van der Waals surface area contributed by atoms with Crippen molar-refractivity contribution in [3.63, 3.8) is 0 Å². The fourth-order valence-electron chi connectivity index (χ4n) is 5.37. The number of nitrogens with one attached hydrogen (secondary N) is 2. The van der Waals surface area contributed by atoms with E-state index in [2.05, 4.69) is 10.3 Å². The molecule has 3 heterocycles. The number of aryl methyl sites for hydroxylation is 1. The number of ether oxygens (including phenoxy) is 1. The summed E-state index contributed by atoms with van der Waals surface area (Å²) in [5.74, 6) is 0.202. The lowest BCUT2D eigenvalue weighted by Crippen LogP contribution is -2.52. The second-order valence-electron chi connectivity index (χ2n) is 10.3. The fraction of sp³-hybridized carbons (Fsp3) is 0.393. The maximum atomic E-state index is 13.9. The number of likely N-dealkylation sites (tertiary alicyclic amines) is 1. The van der Waals surface area contributed by atoms with Crippen LogP contribution in [0.1, 0.15) is 36.9 Å². The molecule has 1 atom stereocenters. The molecule has 15 heteroatoms. The zero-order valence-electron chi connectivity index (χ0n) is 23.4. The van der Waals surface area contributed by atoms with Gasteiger partial charge in [-0.3, -0.25) is 10.2 Å². The van der Waals surface area contributed by atoms with Crippen molar-refractivity contribution in [1.82, 2.24) is 19.5 Å². The van der Waals surface area contributed by atoms with E-state index in [1.54, 1.807) is 11.0 Å². The van der Waals surface area contributed by atoms with Crippen LogP contribution in [0.4, 0.5) is 0 Å². The third kappa shape index (κ3) is 7.41. The van der Waals surface area contributed by atoms with E-state index in [1.807, 2.05) is 31.2 Å². The number of piperidine rings is 1. The van der Waals surface area contributed by atoms with Gasteiger partial charge in [-0.15, -0.1) is 24.8 Å². The van der Waals surface area contributed by atoms with Gasteiger partial charge in [-0.25, -0.2) is 13.4 Å². The van der Waals surface area contributed by atoms with E-state index >= 15 is 0 Å². The fourth-order valence-corrected chi connectivity index (χ4v) is 7.89. The Morgan fingerprint density at radius 3 is 2.51 bits per heavy atom. The number of sulfonamides is 1. The smallest absolute Gasteiger partial charge is 0.245 e. The third-order valence-electron chi connectivity index (χ3n) is 7.62. The number of para-hydroxylation sites is 1. The highest BCUT2D eigenvalue weighted by atomic mass is 35.5. The van der Waals surface area contributed by atoms with Crippen LogP contribution in [0.15, 0.2) is 47.4 Å². The first kappa shape index (κ1) is 34.9. The summed E-state index contributed by atoms with van der Waals surface area (Å²) in [4.78, 5) is 19.4. The Hall–Kier alpha value is -2.54. The number of halogens is 4. The topological polar surface area (TPSA) is 142 Å². The van der Waals surface area contributed by atoms with E-state index in [4.69, 9.17) is 39.1 Å². The van der Waals surface area contributed by atoms with Crippen molar-refractivity contribution in [2.24, 2.45) is 5.73 Å². The molecule has 234 valence electrons. The molecular formula is C28H34Cl4N6O4S. The van der Waals surface area contributed by atoms with Gasteiger partial charge in [-0.05, 0) is 56.9 Å². The van der Waals surface area contributed by atoms with Crippen LogP contribution in [-0.4, -0.2) is 66.2 Å². The van der Waals surface area contributed by atoms with Crippen molar-refractivity contribution in [2.75, 3.05) is 19.6 Å². The molecule has 2 aromatic carbocycles. The van der Waals surface area contributed by atoms with Crippen LogP contribution in [-0.2, 0) is 21.4 Å². The molecular weight excluding hydrogens is 658 g/mol. The molecule has 0 bridgehead atoms. The van der Waals surface area contributed by atoms with Crippen LogP contribution < -0.4 is 15.8 Å². The van der Waals surface area contributed by atoms with Crippen molar-refractivity contribution in [3.05, 3.63) is 63.8 Å². The highest BCUT2D eigenvalue weighted by Gasteiger charge is 2.41. The summed E-state index contributed by atoms with van der Waals surface area (Å²) in [6.07, 6.45) is 2.21. The lowest BCUT2D eigenvalue weighted by Gasteiger charge is -2.33. The summed E-state index contributed by atoms with van der Waals surface area (Å²) in [5.41, 5.74) is 7.41. The molecule has 2 fully saturated rings. The number of fused-ring (bicyclic) bond motifs is 1. The first-order valence-corrected chi connectivity index (χ1v) is 15.6. The van der Waals surface area contributed by atoms with Gasteiger partial charge in [0, 0.05) is 47.3 Å². The summed E-state index contributed by atoms with van der Waals surface area (Å²) in [7, 11) is -4.13. The van der Waals surface area contributed by atoms with E-state index in [1.165, 1.54) is 16.4 Å². The van der Waals surface area contributed by atoms with Crippen molar-refractivity contribution in [2.45, 2.75) is 56.2 Å². The number of pyridine rings is 1. The lowest BCUT2D eigenvalue weighted by atomic mass is 10.0. The molecule has 0 radical (unpaired) electrons. The van der Waals surface area contributed by atoms with Crippen LogP contribution in [0.3, 0.4) is 0 Å². The van der Waals surface area contributed by atoms with E-state index < -0.39 is 16.1 Å². The molecule has 1 amide bonds. The van der Waals surface area contributed by atoms with E-state index in [0.717, 1.165) is 11.1 Å². The molecule has 2 aliphatic heterocycles. The summed E-state index contributed by atoms with van der Waals surface area (Å²) in [6.45, 7) is 3.15. The molecule has 2 saturated heterocycles. The SMILES string of the molecule is Cc1ccc2cccc(OCc3c(Cl)ccc(S(=O)(=O)N4CCC[C@H]4C(=O)NC4CCN(C(=N)N)CC4)c3Cl)c2n1.Cl.Cl. The van der Waals surface area contributed by atoms with Crippen LogP contribution >= 0.6 is 48.0 Å². The minimum absolute atomic E-state index is 0. The Labute approximate surface area is 273 Å². The van der Waals surface area contributed by atoms with Gasteiger partial charge in [-0.2, -0.15) is 4.31 Å². The van der Waals surface area contributed by atoms with Gasteiger partial charge in [0.05, 0.1) is 5.02 Å². The largest absolute Gasteiger partial charge is 0.487 e. The van der Waals surface area contributed by atoms with Crippen LogP contribution in [0.2, 0.25) is 10.0 Å². The molecule has 1 aromatic heterocycles. The normalized spacial score (nSPS) is 17.7. The molecule has 0 aliphatic carbocycles. The van der Waals surface area contributed by atoms with E-state index in [0.29, 0.717) is 55.6 Å². The van der Waals surface area contributed by atoms with Crippen LogP contribution in [0, 0.1) is 12.3 Å². The number of nitrogens with zero attached hydrogens (tertiary/aromatic N) is 3. The first-order valence-electron chi connectivity index (χ1n) is 13.4. The molecule has 5 rings (SSSR count). The highest BCUT2D eigenvalue weighted by molar-refractivity contribution is 7.89. The number of aromatic nitrogens is 1. The summed E-state index contributed by atoms with van der Waals surface area (Å²) >= 11 is 13.2. The minimum Gasteiger partial charge on any atom is -0.487 e. The second kappa shape index (κ2) is 14.5. The molecule has 10 nitrogen and oxygen atoms in total. The Bertz CT molecular complexity index is 1600. The van der Waals surface area contributed by atoms with Gasteiger partial charge < -0.3 is 20.7 Å². The van der Waals surface area contributed by atoms with Crippen LogP contribution in [0.25, 0.3) is 10.9 Å². The van der Waals surface area contributed by atoms with Gasteiger partial charge >= 0.3 is 0 Å². The Kier molecular flexibility index (Phi) is 11.8. The monoisotopic (exact) mass is 690 g/mol. The number of guanidine groups is 1. The van der Waals surface area contributed by atoms with Crippen molar-refractivity contribution in [1.29, 1.82) is 5.41 Å². The number of carbonyl (C=O) groups excluding carboxylic acids is 1. The average molecular weight is 692 g/mol. The number of nitrogens with two attached hydrogens (primary N) is 1. The molecule has 43 heavy (non-hydrogen) atoms. The number of hydrogen-bond donors (Lipinski definition) is 3. The number of benzene rings is 2. The predicted molar refractivity (Wildman–Crippen MR) is 173 cm³/mol. The molecule has 3 aromatic rings. The predicted octanol–water partition coefficient (Wildman–Crippen LogP) is 4.90. The van der Waals surface area contributed by atoms with E-state index in [-0.39, 0.29) is 70.8 Å². The Morgan fingerprint density at radius 2 is 1.81 bits per heavy atom. The summed E-state index contributed by atoms with van der Waals surface area (Å²) in [6, 6.07) is 11.3. The van der Waals surface area contributed by atoms with Gasteiger partial charge in [0.15, 0.2) is 5.96 Å². The summed E-state index contributed by atoms with van der Waals surface area (Å²) < 4.78 is 35.0. The lowest BCUT2D eigenvalue weighted by molar-refractivity contribution is -0.125. The van der Waals surface area contributed by atoms with E-state index in [9.17, 15) is 13.2 Å². The van der Waals surface area contributed by atoms with Gasteiger partial charge in [0.1, 0.15) is 28.8 Å². The standard InChI is InChI=1S/C28H32Cl2N6O4S.2ClH/c1-17-7-8-18-4-2-6-23(26(18)33-17)40-16-20-21(29)9-10-24(25(20)30)41(38,39)36-13-3-5-22(36)27(37)34-19-11-14-35(15-12-19)28(31)32;;/h2,4,6-10,19,22H,3,5,11-16H2,1H3,(H3,31,32)(H,34,37);2*1H/t22-;;/m0../s1. The van der Waals surface area contributed by atoms with Gasteiger partial charge in [0.2, 0.25) is 15.9 Å². The Morgan fingerprint density at radius 1 is 1.09 bits per heavy atom. The number of rotatable bonds is 7. The zero-order valence-corrected chi connectivity index (χ0v) is 27.3. The maximum absolute atomic E-state index is 13.9.